The van der Waals surface area contributed by atoms with Gasteiger partial charge in [-0.25, -0.2) is 9.59 Å². The lowest BCUT2D eigenvalue weighted by molar-refractivity contribution is 0.0590. The van der Waals surface area contributed by atoms with Crippen LogP contribution in [0.5, 0.6) is 0 Å². The van der Waals surface area contributed by atoms with Crippen molar-refractivity contribution < 1.29 is 19.1 Å². The first kappa shape index (κ1) is 13.8. The van der Waals surface area contributed by atoms with Crippen molar-refractivity contribution in [1.82, 2.24) is 0 Å². The highest BCUT2D eigenvalue weighted by atomic mass is 16.5. The van der Waals surface area contributed by atoms with Crippen LogP contribution in [-0.4, -0.2) is 26.2 Å². The molecule has 0 aliphatic heterocycles. The number of benzene rings is 2. The second-order valence-corrected chi connectivity index (χ2v) is 3.99. The monoisotopic (exact) mass is 269 g/mol. The van der Waals surface area contributed by atoms with Crippen LogP contribution in [0.25, 0.3) is 11.1 Å². The summed E-state index contributed by atoms with van der Waals surface area (Å²) in [7, 11) is 2.62. The zero-order chi connectivity index (χ0) is 14.5. The fraction of sp³-hybridized carbons (Fsp3) is 0.125. The molecule has 0 amide bonds. The van der Waals surface area contributed by atoms with Gasteiger partial charge in [-0.3, -0.25) is 0 Å². The van der Waals surface area contributed by atoms with E-state index >= 15 is 0 Å². The fourth-order valence-electron chi connectivity index (χ4n) is 1.94. The normalized spacial score (nSPS) is 9.90. The lowest BCUT2D eigenvalue weighted by atomic mass is 9.95. The summed E-state index contributed by atoms with van der Waals surface area (Å²) in [6.45, 7) is 0. The maximum atomic E-state index is 11.8. The molecule has 0 N–H and O–H groups in total. The highest BCUT2D eigenvalue weighted by Gasteiger charge is 2.18. The van der Waals surface area contributed by atoms with Gasteiger partial charge in [0.15, 0.2) is 0 Å². The number of carbonyl (C=O) groups is 2. The van der Waals surface area contributed by atoms with Crippen molar-refractivity contribution in [3.8, 4) is 11.1 Å². The molecule has 2 rings (SSSR count). The largest absolute Gasteiger partial charge is 0.465 e. The van der Waals surface area contributed by atoms with Gasteiger partial charge in [0.2, 0.25) is 0 Å². The Kier molecular flexibility index (Phi) is 4.15. The van der Waals surface area contributed by atoms with E-state index in [-0.39, 0.29) is 5.56 Å². The predicted molar refractivity (Wildman–Crippen MR) is 73.4 cm³/mol. The first-order valence-corrected chi connectivity index (χ1v) is 5.95. The molecule has 0 heterocycles. The second-order valence-electron chi connectivity index (χ2n) is 3.99. The number of hydrogen-bond donors (Lipinski definition) is 0. The first-order chi connectivity index (χ1) is 9.69. The third-order valence-corrected chi connectivity index (χ3v) is 2.87. The lowest BCUT2D eigenvalue weighted by Crippen LogP contribution is -2.07. The van der Waals surface area contributed by atoms with Crippen LogP contribution in [0.4, 0.5) is 0 Å². The molecule has 1 radical (unpaired) electrons. The molecular formula is C16H13O4. The highest BCUT2D eigenvalue weighted by Crippen LogP contribution is 2.27. The van der Waals surface area contributed by atoms with E-state index in [9.17, 15) is 9.59 Å². The highest BCUT2D eigenvalue weighted by molar-refractivity contribution is 6.02. The van der Waals surface area contributed by atoms with Crippen LogP contribution in [-0.2, 0) is 9.47 Å². The quantitative estimate of drug-likeness (QED) is 0.804. The summed E-state index contributed by atoms with van der Waals surface area (Å²) in [5.41, 5.74) is 1.86. The van der Waals surface area contributed by atoms with E-state index in [2.05, 4.69) is 6.07 Å². The zero-order valence-corrected chi connectivity index (χ0v) is 11.2. The van der Waals surface area contributed by atoms with Gasteiger partial charge in [0.05, 0.1) is 25.3 Å². The minimum atomic E-state index is -0.500. The molecule has 0 saturated carbocycles. The summed E-state index contributed by atoms with van der Waals surface area (Å²) >= 11 is 0. The molecule has 0 bridgehead atoms. The Morgan fingerprint density at radius 2 is 1.55 bits per heavy atom. The average molecular weight is 269 g/mol. The lowest BCUT2D eigenvalue weighted by Gasteiger charge is -2.11. The smallest absolute Gasteiger partial charge is 0.339 e. The molecule has 0 aromatic heterocycles. The van der Waals surface area contributed by atoms with Crippen molar-refractivity contribution in [3.63, 3.8) is 0 Å². The first-order valence-electron chi connectivity index (χ1n) is 5.95. The summed E-state index contributed by atoms with van der Waals surface area (Å²) < 4.78 is 9.50. The van der Waals surface area contributed by atoms with Crippen molar-refractivity contribution in [3.05, 3.63) is 59.7 Å². The Labute approximate surface area is 116 Å². The topological polar surface area (TPSA) is 52.6 Å². The van der Waals surface area contributed by atoms with Crippen molar-refractivity contribution in [2.75, 3.05) is 14.2 Å². The van der Waals surface area contributed by atoms with E-state index in [4.69, 9.17) is 9.47 Å². The van der Waals surface area contributed by atoms with Gasteiger partial charge in [0.25, 0.3) is 0 Å². The third-order valence-electron chi connectivity index (χ3n) is 2.87. The molecule has 0 fully saturated rings. The van der Waals surface area contributed by atoms with Crippen molar-refractivity contribution in [2.24, 2.45) is 0 Å². The summed E-state index contributed by atoms with van der Waals surface area (Å²) in [5, 5.41) is 0. The Bertz CT molecular complexity index is 589. The van der Waals surface area contributed by atoms with Crippen molar-refractivity contribution >= 4 is 11.9 Å². The number of hydrogen-bond acceptors (Lipinski definition) is 4. The van der Waals surface area contributed by atoms with Gasteiger partial charge in [0.1, 0.15) is 0 Å². The average Bonchev–Trinajstić information content (AvgIpc) is 2.53. The van der Waals surface area contributed by atoms with Crippen LogP contribution in [0.3, 0.4) is 0 Å². The van der Waals surface area contributed by atoms with Gasteiger partial charge in [-0.05, 0) is 23.3 Å². The molecule has 0 saturated heterocycles. The van der Waals surface area contributed by atoms with Gasteiger partial charge in [-0.1, -0.05) is 36.4 Å². The van der Waals surface area contributed by atoms with Crippen LogP contribution >= 0.6 is 0 Å². The van der Waals surface area contributed by atoms with Gasteiger partial charge >= 0.3 is 11.9 Å². The predicted octanol–water partition coefficient (Wildman–Crippen LogP) is 2.73. The molecule has 0 atom stereocenters. The van der Waals surface area contributed by atoms with Gasteiger partial charge in [-0.2, -0.15) is 0 Å². The Hall–Kier alpha value is -2.62. The summed E-state index contributed by atoms with van der Waals surface area (Å²) in [4.78, 5) is 23.6. The molecule has 2 aromatic carbocycles. The number of esters is 2. The fourth-order valence-corrected chi connectivity index (χ4v) is 1.94. The van der Waals surface area contributed by atoms with Crippen LogP contribution < -0.4 is 0 Å². The minimum absolute atomic E-state index is 0.284. The number of carbonyl (C=O) groups excluding carboxylic acids is 2. The standard InChI is InChI=1S/C16H13O4/c1-19-15(17)13-9-5-3-7-11(13)12-8-4-6-10-14(12)16(18)20-2/h3-9H,1-2H3. The Morgan fingerprint density at radius 1 is 0.900 bits per heavy atom. The van der Waals surface area contributed by atoms with E-state index in [1.54, 1.807) is 42.5 Å². The van der Waals surface area contributed by atoms with Crippen LogP contribution in [0, 0.1) is 6.07 Å². The van der Waals surface area contributed by atoms with E-state index in [0.717, 1.165) is 0 Å². The molecule has 0 aliphatic rings. The summed E-state index contributed by atoms with van der Waals surface area (Å²) in [5.74, 6) is -0.958. The third kappa shape index (κ3) is 2.54. The summed E-state index contributed by atoms with van der Waals surface area (Å²) in [6.07, 6.45) is 0. The Balaban J connectivity index is 2.64. The molecule has 4 heteroatoms. The van der Waals surface area contributed by atoms with Gasteiger partial charge in [-0.15, -0.1) is 0 Å². The zero-order valence-electron chi connectivity index (χ0n) is 11.2. The molecule has 20 heavy (non-hydrogen) atoms. The van der Waals surface area contributed by atoms with Crippen molar-refractivity contribution in [2.45, 2.75) is 0 Å². The number of rotatable bonds is 3. The van der Waals surface area contributed by atoms with Gasteiger partial charge in [0, 0.05) is 0 Å². The van der Waals surface area contributed by atoms with Gasteiger partial charge < -0.3 is 9.47 Å². The van der Waals surface area contributed by atoms with E-state index < -0.39 is 11.9 Å². The minimum Gasteiger partial charge on any atom is -0.465 e. The maximum Gasteiger partial charge on any atom is 0.339 e. The SMILES string of the molecule is COC(=O)c1[c]cccc1-c1ccccc1C(=O)OC. The molecule has 2 aromatic rings. The van der Waals surface area contributed by atoms with E-state index in [1.807, 2.05) is 0 Å². The Morgan fingerprint density at radius 3 is 2.25 bits per heavy atom. The van der Waals surface area contributed by atoms with E-state index in [0.29, 0.717) is 16.7 Å². The molecule has 0 aliphatic carbocycles. The summed E-state index contributed by atoms with van der Waals surface area (Å²) in [6, 6.07) is 14.9. The maximum absolute atomic E-state index is 11.8. The number of ether oxygens (including phenoxy) is 2. The molecule has 4 nitrogen and oxygen atoms in total. The van der Waals surface area contributed by atoms with Crippen LogP contribution in [0.15, 0.2) is 42.5 Å². The van der Waals surface area contributed by atoms with Crippen molar-refractivity contribution in [1.29, 1.82) is 0 Å². The number of methoxy groups -OCH3 is 2. The molecule has 101 valence electrons. The van der Waals surface area contributed by atoms with E-state index in [1.165, 1.54) is 14.2 Å². The second kappa shape index (κ2) is 6.02. The molecular weight excluding hydrogens is 256 g/mol. The molecule has 0 spiro atoms. The van der Waals surface area contributed by atoms with Crippen LogP contribution in [0.2, 0.25) is 0 Å². The van der Waals surface area contributed by atoms with Crippen LogP contribution in [0.1, 0.15) is 20.7 Å². The molecule has 0 unspecified atom stereocenters.